The summed E-state index contributed by atoms with van der Waals surface area (Å²) in [4.78, 5) is 9.41. The lowest BCUT2D eigenvalue weighted by atomic mass is 9.86. The van der Waals surface area contributed by atoms with Crippen molar-refractivity contribution >= 4 is 11.7 Å². The van der Waals surface area contributed by atoms with E-state index >= 15 is 0 Å². The van der Waals surface area contributed by atoms with Crippen molar-refractivity contribution in [1.82, 2.24) is 5.32 Å². The van der Waals surface area contributed by atoms with Crippen LogP contribution in [0.15, 0.2) is 82.4 Å². The first-order chi connectivity index (χ1) is 12.4. The molecule has 124 valence electrons. The van der Waals surface area contributed by atoms with E-state index in [9.17, 15) is 0 Å². The summed E-state index contributed by atoms with van der Waals surface area (Å²) >= 11 is 0. The average Bonchev–Trinajstić information content (AvgIpc) is 3.07. The maximum absolute atomic E-state index is 6.25. The predicted octanol–water partition coefficient (Wildman–Crippen LogP) is 3.52. The van der Waals surface area contributed by atoms with Crippen LogP contribution in [-0.2, 0) is 0 Å². The number of hydrogen-bond donors (Lipinski definition) is 1. The van der Waals surface area contributed by atoms with Crippen molar-refractivity contribution in [2.24, 2.45) is 15.9 Å². The molecular weight excluding hydrogens is 310 g/mol. The molecule has 25 heavy (non-hydrogen) atoms. The molecule has 0 fully saturated rings. The monoisotopic (exact) mass is 329 g/mol. The minimum Gasteiger partial charge on any atom is -0.484 e. The number of hydrogen-bond acceptors (Lipinski definition) is 4. The quantitative estimate of drug-likeness (QED) is 0.902. The van der Waals surface area contributed by atoms with E-state index in [1.807, 2.05) is 12.1 Å². The van der Waals surface area contributed by atoms with Gasteiger partial charge in [-0.25, -0.2) is 9.98 Å². The van der Waals surface area contributed by atoms with Crippen LogP contribution in [0.5, 0.6) is 5.75 Å². The van der Waals surface area contributed by atoms with Crippen LogP contribution < -0.4 is 10.1 Å². The molecule has 0 spiro atoms. The fourth-order valence-electron chi connectivity index (χ4n) is 3.81. The van der Waals surface area contributed by atoms with Crippen LogP contribution in [-0.4, -0.2) is 24.4 Å². The van der Waals surface area contributed by atoms with E-state index in [1.54, 1.807) is 0 Å². The standard InChI is InChI=1S/C21H19N3O/c1-2-7-14(8-3-1)20-22-13-23-21(24-20)17-11-6-10-16-15-9-4-5-12-18(15)25-19(16)17/h1-7,9-12,14,16,19H,8,13H2,(H,22,23,24). The second kappa shape index (κ2) is 5.88. The number of nitrogens with one attached hydrogen (secondary N) is 1. The molecule has 4 heteroatoms. The predicted molar refractivity (Wildman–Crippen MR) is 100 cm³/mol. The topological polar surface area (TPSA) is 46.0 Å². The molecule has 0 radical (unpaired) electrons. The zero-order valence-corrected chi connectivity index (χ0v) is 13.8. The molecular formula is C21H19N3O. The van der Waals surface area contributed by atoms with Crippen LogP contribution in [0.1, 0.15) is 17.9 Å². The number of nitrogens with zero attached hydrogens (tertiary/aromatic N) is 2. The van der Waals surface area contributed by atoms with E-state index in [0.29, 0.717) is 6.67 Å². The molecule has 0 aromatic heterocycles. The number of rotatable bonds is 2. The summed E-state index contributed by atoms with van der Waals surface area (Å²) in [5.74, 6) is 3.28. The lowest BCUT2D eigenvalue weighted by Crippen LogP contribution is -2.38. The first-order valence-corrected chi connectivity index (χ1v) is 8.75. The maximum atomic E-state index is 6.25. The van der Waals surface area contributed by atoms with Gasteiger partial charge in [-0.05, 0) is 12.5 Å². The molecule has 1 aromatic carbocycles. The molecule has 0 bridgehead atoms. The number of benzene rings is 1. The fourth-order valence-corrected chi connectivity index (χ4v) is 3.81. The van der Waals surface area contributed by atoms with Crippen molar-refractivity contribution in [3.63, 3.8) is 0 Å². The summed E-state index contributed by atoms with van der Waals surface area (Å²) in [7, 11) is 0. The number of aliphatic imine (C=N–C) groups is 2. The van der Waals surface area contributed by atoms with Crippen molar-refractivity contribution < 1.29 is 4.74 Å². The van der Waals surface area contributed by atoms with Crippen molar-refractivity contribution in [3.05, 3.63) is 77.9 Å². The number of fused-ring (bicyclic) bond motifs is 3. The van der Waals surface area contributed by atoms with Crippen molar-refractivity contribution in [1.29, 1.82) is 0 Å². The van der Waals surface area contributed by atoms with Gasteiger partial charge in [0, 0.05) is 23.0 Å². The van der Waals surface area contributed by atoms with Gasteiger partial charge in [0.15, 0.2) is 0 Å². The fraction of sp³-hybridized carbons (Fsp3) is 0.238. The summed E-state index contributed by atoms with van der Waals surface area (Å²) in [5.41, 5.74) is 2.35. The van der Waals surface area contributed by atoms with E-state index in [2.05, 4.69) is 65.0 Å². The van der Waals surface area contributed by atoms with Gasteiger partial charge in [0.2, 0.25) is 0 Å². The molecule has 5 rings (SSSR count). The van der Waals surface area contributed by atoms with E-state index in [1.165, 1.54) is 5.56 Å². The lowest BCUT2D eigenvalue weighted by Gasteiger charge is -2.26. The first-order valence-electron chi connectivity index (χ1n) is 8.75. The number of allylic oxidation sites excluding steroid dienone is 5. The summed E-state index contributed by atoms with van der Waals surface area (Å²) in [6.07, 6.45) is 15.9. The largest absolute Gasteiger partial charge is 0.484 e. The Labute approximate surface area is 147 Å². The Hall–Kier alpha value is -2.88. The second-order valence-corrected chi connectivity index (χ2v) is 6.58. The summed E-state index contributed by atoms with van der Waals surface area (Å²) in [5, 5.41) is 3.34. The zero-order valence-electron chi connectivity index (χ0n) is 13.8. The number of amidine groups is 2. The Morgan fingerprint density at radius 1 is 1.08 bits per heavy atom. The zero-order chi connectivity index (χ0) is 16.6. The number of para-hydroxylation sites is 1. The Morgan fingerprint density at radius 3 is 2.96 bits per heavy atom. The third-order valence-electron chi connectivity index (χ3n) is 5.06. The van der Waals surface area contributed by atoms with Gasteiger partial charge in [-0.2, -0.15) is 0 Å². The maximum Gasteiger partial charge on any atom is 0.138 e. The first kappa shape index (κ1) is 14.5. The van der Waals surface area contributed by atoms with Gasteiger partial charge in [0.25, 0.3) is 0 Å². The molecule has 1 aromatic rings. The summed E-state index contributed by atoms with van der Waals surface area (Å²) in [6, 6.07) is 8.28. The van der Waals surface area contributed by atoms with Crippen LogP contribution in [0.2, 0.25) is 0 Å². The van der Waals surface area contributed by atoms with Gasteiger partial charge in [-0.15, -0.1) is 0 Å². The molecule has 0 saturated heterocycles. The highest BCUT2D eigenvalue weighted by atomic mass is 16.5. The molecule has 3 unspecified atom stereocenters. The van der Waals surface area contributed by atoms with Gasteiger partial charge >= 0.3 is 0 Å². The van der Waals surface area contributed by atoms with Crippen molar-refractivity contribution in [2.45, 2.75) is 18.4 Å². The van der Waals surface area contributed by atoms with Crippen LogP contribution in [0.4, 0.5) is 0 Å². The SMILES string of the molecule is C1=CCC(C2=NCNC(C3=CC=CC4c5ccccc5OC34)=N2)C=C1. The van der Waals surface area contributed by atoms with Crippen LogP contribution in [0.25, 0.3) is 0 Å². The molecule has 2 heterocycles. The average molecular weight is 329 g/mol. The van der Waals surface area contributed by atoms with E-state index < -0.39 is 0 Å². The Balaban J connectivity index is 1.46. The van der Waals surface area contributed by atoms with Crippen LogP contribution in [0.3, 0.4) is 0 Å². The third kappa shape index (κ3) is 2.45. The van der Waals surface area contributed by atoms with E-state index in [-0.39, 0.29) is 17.9 Å². The minimum absolute atomic E-state index is 0.0187. The van der Waals surface area contributed by atoms with Crippen molar-refractivity contribution in [2.75, 3.05) is 6.67 Å². The summed E-state index contributed by atoms with van der Waals surface area (Å²) < 4.78 is 6.25. The van der Waals surface area contributed by atoms with E-state index in [0.717, 1.165) is 29.4 Å². The molecule has 2 aliphatic carbocycles. The minimum atomic E-state index is -0.0187. The Bertz CT molecular complexity index is 888. The lowest BCUT2D eigenvalue weighted by molar-refractivity contribution is 0.261. The van der Waals surface area contributed by atoms with Crippen LogP contribution >= 0.6 is 0 Å². The molecule has 4 nitrogen and oxygen atoms in total. The third-order valence-corrected chi connectivity index (χ3v) is 5.06. The highest BCUT2D eigenvalue weighted by molar-refractivity contribution is 6.09. The normalized spacial score (nSPS) is 29.0. The summed E-state index contributed by atoms with van der Waals surface area (Å²) in [6.45, 7) is 0.563. The molecule has 2 aliphatic heterocycles. The second-order valence-electron chi connectivity index (χ2n) is 6.58. The van der Waals surface area contributed by atoms with Crippen molar-refractivity contribution in [3.8, 4) is 5.75 Å². The van der Waals surface area contributed by atoms with Crippen LogP contribution in [0, 0.1) is 5.92 Å². The van der Waals surface area contributed by atoms with Gasteiger partial charge in [-0.1, -0.05) is 60.7 Å². The Kier molecular flexibility index (Phi) is 3.40. The molecule has 0 amide bonds. The van der Waals surface area contributed by atoms with Gasteiger partial charge < -0.3 is 10.1 Å². The number of ether oxygens (including phenoxy) is 1. The smallest absolute Gasteiger partial charge is 0.138 e. The van der Waals surface area contributed by atoms with Gasteiger partial charge in [0.1, 0.15) is 30.2 Å². The Morgan fingerprint density at radius 2 is 2.04 bits per heavy atom. The van der Waals surface area contributed by atoms with Gasteiger partial charge in [-0.3, -0.25) is 0 Å². The highest BCUT2D eigenvalue weighted by Gasteiger charge is 2.38. The van der Waals surface area contributed by atoms with E-state index in [4.69, 9.17) is 9.73 Å². The molecule has 4 aliphatic rings. The molecule has 1 N–H and O–H groups in total. The molecule has 3 atom stereocenters. The molecule has 0 saturated carbocycles. The highest BCUT2D eigenvalue weighted by Crippen LogP contribution is 2.43. The van der Waals surface area contributed by atoms with Gasteiger partial charge in [0.05, 0.1) is 0 Å².